The van der Waals surface area contributed by atoms with Crippen molar-refractivity contribution < 1.29 is 13.2 Å². The Morgan fingerprint density at radius 1 is 1.44 bits per heavy atom. The van der Waals surface area contributed by atoms with Crippen molar-refractivity contribution in [2.24, 2.45) is 5.92 Å². The van der Waals surface area contributed by atoms with Gasteiger partial charge in [0, 0.05) is 19.5 Å². The van der Waals surface area contributed by atoms with E-state index in [1.807, 2.05) is 19.9 Å². The smallest absolute Gasteiger partial charge is 0.211 e. The van der Waals surface area contributed by atoms with Crippen molar-refractivity contribution >= 4 is 15.8 Å². The van der Waals surface area contributed by atoms with Gasteiger partial charge >= 0.3 is 0 Å². The molecule has 0 saturated carbocycles. The van der Waals surface area contributed by atoms with Crippen molar-refractivity contribution in [1.29, 1.82) is 0 Å². The first-order chi connectivity index (χ1) is 8.38. The number of carbonyl (C=O) groups excluding carboxylic acids is 1. The number of piperidine rings is 1. The van der Waals surface area contributed by atoms with Gasteiger partial charge in [-0.3, -0.25) is 4.79 Å². The maximum absolute atomic E-state index is 12.0. The van der Waals surface area contributed by atoms with Gasteiger partial charge in [0.2, 0.25) is 10.0 Å². The number of carbonyl (C=O) groups is 1. The van der Waals surface area contributed by atoms with Crippen molar-refractivity contribution in [3.8, 4) is 0 Å². The van der Waals surface area contributed by atoms with E-state index in [-0.39, 0.29) is 11.7 Å². The second-order valence-electron chi connectivity index (χ2n) is 4.92. The highest BCUT2D eigenvalue weighted by atomic mass is 32.2. The van der Waals surface area contributed by atoms with Gasteiger partial charge in [-0.2, -0.15) is 0 Å². The Labute approximate surface area is 110 Å². The van der Waals surface area contributed by atoms with E-state index in [2.05, 4.69) is 0 Å². The molecule has 1 atom stereocenters. The van der Waals surface area contributed by atoms with E-state index >= 15 is 0 Å². The van der Waals surface area contributed by atoms with Crippen molar-refractivity contribution in [2.45, 2.75) is 39.5 Å². The maximum atomic E-state index is 12.0. The van der Waals surface area contributed by atoms with Crippen LogP contribution in [0.25, 0.3) is 0 Å². The van der Waals surface area contributed by atoms with Gasteiger partial charge < -0.3 is 0 Å². The molecule has 0 spiro atoms. The molecule has 1 heterocycles. The standard InChI is InChI=1S/C13H23NO3S/c1-4-12(5-2)13(15)9-11-7-6-8-14(10-11)18(3,16)17/h4,11H,5-10H2,1-3H3. The second kappa shape index (κ2) is 6.48. The lowest BCUT2D eigenvalue weighted by Crippen LogP contribution is -2.39. The van der Waals surface area contributed by atoms with Crippen molar-refractivity contribution in [2.75, 3.05) is 19.3 Å². The fraction of sp³-hybridized carbons (Fsp3) is 0.769. The Bertz CT molecular complexity index is 426. The molecule has 0 aliphatic carbocycles. The van der Waals surface area contributed by atoms with E-state index in [0.29, 0.717) is 19.5 Å². The van der Waals surface area contributed by atoms with Crippen LogP contribution in [0.15, 0.2) is 11.6 Å². The van der Waals surface area contributed by atoms with E-state index in [9.17, 15) is 13.2 Å². The van der Waals surface area contributed by atoms with Crippen molar-refractivity contribution in [3.05, 3.63) is 11.6 Å². The number of hydrogen-bond acceptors (Lipinski definition) is 3. The minimum absolute atomic E-state index is 0.167. The fourth-order valence-electron chi connectivity index (χ4n) is 2.45. The van der Waals surface area contributed by atoms with Crippen LogP contribution < -0.4 is 0 Å². The number of Topliss-reactive ketones (excluding diaryl/α,β-unsaturated/α-hetero) is 1. The average molecular weight is 273 g/mol. The van der Waals surface area contributed by atoms with Crippen LogP contribution in [0.3, 0.4) is 0 Å². The predicted octanol–water partition coefficient (Wildman–Crippen LogP) is 1.97. The van der Waals surface area contributed by atoms with Gasteiger partial charge in [-0.25, -0.2) is 12.7 Å². The Balaban J connectivity index is 2.61. The molecule has 1 aliphatic rings. The molecule has 0 bridgehead atoms. The van der Waals surface area contributed by atoms with Crippen LogP contribution in [0.4, 0.5) is 0 Å². The molecule has 18 heavy (non-hydrogen) atoms. The molecular formula is C13H23NO3S. The summed E-state index contributed by atoms with van der Waals surface area (Å²) in [5.41, 5.74) is 0.853. The summed E-state index contributed by atoms with van der Waals surface area (Å²) in [4.78, 5) is 12.0. The van der Waals surface area contributed by atoms with E-state index in [1.54, 1.807) is 0 Å². The van der Waals surface area contributed by atoms with E-state index < -0.39 is 10.0 Å². The van der Waals surface area contributed by atoms with Crippen LogP contribution in [-0.2, 0) is 14.8 Å². The first-order valence-electron chi connectivity index (χ1n) is 6.52. The first-order valence-corrected chi connectivity index (χ1v) is 8.36. The number of nitrogens with zero attached hydrogens (tertiary/aromatic N) is 1. The fourth-order valence-corrected chi connectivity index (χ4v) is 3.39. The zero-order valence-electron chi connectivity index (χ0n) is 11.5. The molecule has 4 nitrogen and oxygen atoms in total. The van der Waals surface area contributed by atoms with Gasteiger partial charge in [0.05, 0.1) is 6.26 Å². The molecule has 1 aliphatic heterocycles. The normalized spacial score (nSPS) is 23.1. The highest BCUT2D eigenvalue weighted by Gasteiger charge is 2.27. The van der Waals surface area contributed by atoms with Crippen LogP contribution >= 0.6 is 0 Å². The molecule has 0 amide bonds. The summed E-state index contributed by atoms with van der Waals surface area (Å²) in [5.74, 6) is 0.336. The SMILES string of the molecule is CC=C(CC)C(=O)CC1CCCN(S(C)(=O)=O)C1. The molecule has 0 radical (unpaired) electrons. The number of rotatable bonds is 5. The Morgan fingerprint density at radius 2 is 2.11 bits per heavy atom. The minimum atomic E-state index is -3.12. The van der Waals surface area contributed by atoms with Gasteiger partial charge in [0.1, 0.15) is 0 Å². The molecule has 0 N–H and O–H groups in total. The minimum Gasteiger partial charge on any atom is -0.295 e. The second-order valence-corrected chi connectivity index (χ2v) is 6.91. The topological polar surface area (TPSA) is 54.5 Å². The number of allylic oxidation sites excluding steroid dienone is 2. The number of hydrogen-bond donors (Lipinski definition) is 0. The van der Waals surface area contributed by atoms with E-state index in [1.165, 1.54) is 10.6 Å². The molecule has 1 unspecified atom stereocenters. The van der Waals surface area contributed by atoms with Gasteiger partial charge in [-0.1, -0.05) is 13.0 Å². The summed E-state index contributed by atoms with van der Waals surface area (Å²) < 4.78 is 24.5. The van der Waals surface area contributed by atoms with Crippen molar-refractivity contribution in [3.63, 3.8) is 0 Å². The maximum Gasteiger partial charge on any atom is 0.211 e. The van der Waals surface area contributed by atoms with Gasteiger partial charge in [-0.15, -0.1) is 0 Å². The third kappa shape index (κ3) is 4.21. The predicted molar refractivity (Wildman–Crippen MR) is 72.8 cm³/mol. The molecule has 1 saturated heterocycles. The molecule has 1 rings (SSSR count). The molecule has 1 fully saturated rings. The van der Waals surface area contributed by atoms with Crippen LogP contribution in [0.2, 0.25) is 0 Å². The Hall–Kier alpha value is -0.680. The average Bonchev–Trinajstić information content (AvgIpc) is 2.29. The summed E-state index contributed by atoms with van der Waals surface area (Å²) in [6.45, 7) is 4.93. The molecule has 104 valence electrons. The monoisotopic (exact) mass is 273 g/mol. The van der Waals surface area contributed by atoms with Crippen LogP contribution in [0.5, 0.6) is 0 Å². The quantitative estimate of drug-likeness (QED) is 0.720. The zero-order valence-corrected chi connectivity index (χ0v) is 12.3. The summed E-state index contributed by atoms with van der Waals surface area (Å²) in [6.07, 6.45) is 6.11. The lowest BCUT2D eigenvalue weighted by Gasteiger charge is -2.30. The molecule has 0 aromatic heterocycles. The van der Waals surface area contributed by atoms with Gasteiger partial charge in [0.25, 0.3) is 0 Å². The summed E-state index contributed by atoms with van der Waals surface area (Å²) >= 11 is 0. The van der Waals surface area contributed by atoms with Crippen LogP contribution in [0, 0.1) is 5.92 Å². The third-order valence-electron chi connectivity index (χ3n) is 3.51. The molecule has 0 aromatic rings. The first kappa shape index (κ1) is 15.4. The summed E-state index contributed by atoms with van der Waals surface area (Å²) in [7, 11) is -3.12. The zero-order chi connectivity index (χ0) is 13.8. The Kier molecular flexibility index (Phi) is 5.53. The number of sulfonamides is 1. The van der Waals surface area contributed by atoms with E-state index in [0.717, 1.165) is 24.8 Å². The highest BCUT2D eigenvalue weighted by Crippen LogP contribution is 2.23. The summed E-state index contributed by atoms with van der Waals surface area (Å²) in [6, 6.07) is 0. The Morgan fingerprint density at radius 3 is 2.61 bits per heavy atom. The number of ketones is 1. The van der Waals surface area contributed by atoms with Crippen LogP contribution in [0.1, 0.15) is 39.5 Å². The van der Waals surface area contributed by atoms with Crippen LogP contribution in [-0.4, -0.2) is 37.9 Å². The largest absolute Gasteiger partial charge is 0.295 e. The van der Waals surface area contributed by atoms with Crippen molar-refractivity contribution in [1.82, 2.24) is 4.31 Å². The molecule has 5 heteroatoms. The highest BCUT2D eigenvalue weighted by molar-refractivity contribution is 7.88. The lowest BCUT2D eigenvalue weighted by atomic mass is 9.91. The lowest BCUT2D eigenvalue weighted by molar-refractivity contribution is -0.116. The van der Waals surface area contributed by atoms with Gasteiger partial charge in [-0.05, 0) is 37.7 Å². The van der Waals surface area contributed by atoms with Gasteiger partial charge in [0.15, 0.2) is 5.78 Å². The van der Waals surface area contributed by atoms with E-state index in [4.69, 9.17) is 0 Å². The molecular weight excluding hydrogens is 250 g/mol. The summed E-state index contributed by atoms with van der Waals surface area (Å²) in [5, 5.41) is 0. The third-order valence-corrected chi connectivity index (χ3v) is 4.78. The molecule has 0 aromatic carbocycles.